The van der Waals surface area contributed by atoms with Gasteiger partial charge in [-0.15, -0.1) is 0 Å². The lowest BCUT2D eigenvalue weighted by Crippen LogP contribution is -2.48. The van der Waals surface area contributed by atoms with Gasteiger partial charge in [-0.3, -0.25) is 4.90 Å². The maximum Gasteiger partial charge on any atom is 0.123 e. The van der Waals surface area contributed by atoms with Crippen molar-refractivity contribution >= 4 is 0 Å². The molecule has 1 aliphatic heterocycles. The highest BCUT2D eigenvalue weighted by molar-refractivity contribution is 5.32. The Hall–Kier alpha value is -1.30. The first-order chi connectivity index (χ1) is 10.1. The molecule has 0 bridgehead atoms. The van der Waals surface area contributed by atoms with Crippen molar-refractivity contribution in [2.24, 2.45) is 0 Å². The van der Waals surface area contributed by atoms with Gasteiger partial charge in [-0.1, -0.05) is 6.07 Å². The Morgan fingerprint density at radius 1 is 1.29 bits per heavy atom. The SMILES string of the molecule is COc1cccc(OC[C@H](O)CN2C[C@@H](C)O[C@H](C)C2)c1. The van der Waals surface area contributed by atoms with E-state index in [0.29, 0.717) is 12.3 Å². The molecule has 1 aromatic carbocycles. The zero-order valence-corrected chi connectivity index (χ0v) is 13.0. The molecule has 0 spiro atoms. The largest absolute Gasteiger partial charge is 0.497 e. The van der Waals surface area contributed by atoms with Crippen LogP contribution in [0.15, 0.2) is 24.3 Å². The Bertz CT molecular complexity index is 430. The minimum atomic E-state index is -0.520. The average molecular weight is 295 g/mol. The number of methoxy groups -OCH3 is 1. The van der Waals surface area contributed by atoms with Gasteiger partial charge in [-0.05, 0) is 26.0 Å². The van der Waals surface area contributed by atoms with E-state index in [4.69, 9.17) is 14.2 Å². The summed E-state index contributed by atoms with van der Waals surface area (Å²) >= 11 is 0. The van der Waals surface area contributed by atoms with E-state index in [9.17, 15) is 5.11 Å². The van der Waals surface area contributed by atoms with Crippen LogP contribution in [0.2, 0.25) is 0 Å². The van der Waals surface area contributed by atoms with Gasteiger partial charge < -0.3 is 19.3 Å². The standard InChI is InChI=1S/C16H25NO4/c1-12-8-17(9-13(2)21-12)10-14(18)11-20-16-6-4-5-15(7-16)19-3/h4-7,12-14,18H,8-11H2,1-3H3/t12-,13-,14-/m1/s1. The van der Waals surface area contributed by atoms with Crippen LogP contribution in [0, 0.1) is 0 Å². The summed E-state index contributed by atoms with van der Waals surface area (Å²) in [5.74, 6) is 1.45. The van der Waals surface area contributed by atoms with Crippen molar-refractivity contribution in [3.63, 3.8) is 0 Å². The van der Waals surface area contributed by atoms with Crippen molar-refractivity contribution in [2.75, 3.05) is 33.4 Å². The highest BCUT2D eigenvalue weighted by Crippen LogP contribution is 2.19. The minimum absolute atomic E-state index is 0.209. The van der Waals surface area contributed by atoms with Gasteiger partial charge in [0, 0.05) is 25.7 Å². The number of aliphatic hydroxyl groups excluding tert-OH is 1. The molecule has 0 aliphatic carbocycles. The highest BCUT2D eigenvalue weighted by atomic mass is 16.5. The summed E-state index contributed by atoms with van der Waals surface area (Å²) in [6.07, 6.45) is -0.103. The number of rotatable bonds is 6. The first-order valence-electron chi connectivity index (χ1n) is 7.39. The summed E-state index contributed by atoms with van der Waals surface area (Å²) in [5.41, 5.74) is 0. The van der Waals surface area contributed by atoms with E-state index < -0.39 is 6.10 Å². The van der Waals surface area contributed by atoms with Gasteiger partial charge in [0.25, 0.3) is 0 Å². The fourth-order valence-corrected chi connectivity index (χ4v) is 2.67. The summed E-state index contributed by atoms with van der Waals surface area (Å²) in [5, 5.41) is 10.1. The Morgan fingerprint density at radius 2 is 1.95 bits per heavy atom. The second-order valence-corrected chi connectivity index (χ2v) is 5.62. The number of morpholine rings is 1. The van der Waals surface area contributed by atoms with Crippen molar-refractivity contribution in [1.29, 1.82) is 0 Å². The van der Waals surface area contributed by atoms with E-state index in [2.05, 4.69) is 18.7 Å². The lowest BCUT2D eigenvalue weighted by atomic mass is 10.2. The normalized spacial score (nSPS) is 24.6. The molecule has 2 rings (SSSR count). The van der Waals surface area contributed by atoms with Crippen LogP contribution in [-0.2, 0) is 4.74 Å². The third-order valence-corrected chi connectivity index (χ3v) is 3.45. The van der Waals surface area contributed by atoms with Gasteiger partial charge in [0.1, 0.15) is 24.2 Å². The summed E-state index contributed by atoms with van der Waals surface area (Å²) in [6, 6.07) is 7.39. The zero-order chi connectivity index (χ0) is 15.2. The fraction of sp³-hybridized carbons (Fsp3) is 0.625. The van der Waals surface area contributed by atoms with Crippen LogP contribution in [0.25, 0.3) is 0 Å². The molecule has 0 unspecified atom stereocenters. The van der Waals surface area contributed by atoms with Gasteiger partial charge in [0.2, 0.25) is 0 Å². The van der Waals surface area contributed by atoms with Gasteiger partial charge in [0.05, 0.1) is 19.3 Å². The van der Waals surface area contributed by atoms with E-state index in [1.807, 2.05) is 24.3 Å². The van der Waals surface area contributed by atoms with Crippen LogP contribution in [0.1, 0.15) is 13.8 Å². The number of hydrogen-bond acceptors (Lipinski definition) is 5. The number of hydrogen-bond donors (Lipinski definition) is 1. The molecule has 1 fully saturated rings. The minimum Gasteiger partial charge on any atom is -0.497 e. The maximum absolute atomic E-state index is 10.1. The smallest absolute Gasteiger partial charge is 0.123 e. The summed E-state index contributed by atoms with van der Waals surface area (Å²) < 4.78 is 16.4. The van der Waals surface area contributed by atoms with Crippen LogP contribution < -0.4 is 9.47 Å². The fourth-order valence-electron chi connectivity index (χ4n) is 2.67. The molecule has 0 aromatic heterocycles. The quantitative estimate of drug-likeness (QED) is 0.863. The predicted octanol–water partition coefficient (Wildman–Crippen LogP) is 1.54. The highest BCUT2D eigenvalue weighted by Gasteiger charge is 2.23. The van der Waals surface area contributed by atoms with E-state index in [-0.39, 0.29) is 18.8 Å². The van der Waals surface area contributed by atoms with Gasteiger partial charge in [0.15, 0.2) is 0 Å². The number of benzene rings is 1. The predicted molar refractivity (Wildman–Crippen MR) is 80.9 cm³/mol. The Balaban J connectivity index is 1.77. The lowest BCUT2D eigenvalue weighted by Gasteiger charge is -2.36. The third-order valence-electron chi connectivity index (χ3n) is 3.45. The van der Waals surface area contributed by atoms with E-state index >= 15 is 0 Å². The zero-order valence-electron chi connectivity index (χ0n) is 13.0. The summed E-state index contributed by atoms with van der Waals surface area (Å²) in [7, 11) is 1.62. The number of nitrogens with zero attached hydrogens (tertiary/aromatic N) is 1. The second-order valence-electron chi connectivity index (χ2n) is 5.62. The molecule has 1 heterocycles. The molecule has 5 heteroatoms. The molecule has 21 heavy (non-hydrogen) atoms. The molecular weight excluding hydrogens is 270 g/mol. The van der Waals surface area contributed by atoms with Gasteiger partial charge >= 0.3 is 0 Å². The van der Waals surface area contributed by atoms with E-state index in [0.717, 1.165) is 18.8 Å². The molecule has 1 N–H and O–H groups in total. The first kappa shape index (κ1) is 16.1. The molecule has 0 radical (unpaired) electrons. The van der Waals surface area contributed by atoms with Gasteiger partial charge in [-0.2, -0.15) is 0 Å². The van der Waals surface area contributed by atoms with Crippen LogP contribution in [0.5, 0.6) is 11.5 Å². The molecular formula is C16H25NO4. The van der Waals surface area contributed by atoms with Crippen LogP contribution in [0.4, 0.5) is 0 Å². The molecule has 1 aromatic rings. The molecule has 0 amide bonds. The van der Waals surface area contributed by atoms with Gasteiger partial charge in [-0.25, -0.2) is 0 Å². The summed E-state index contributed by atoms with van der Waals surface area (Å²) in [4.78, 5) is 2.22. The molecule has 5 nitrogen and oxygen atoms in total. The van der Waals surface area contributed by atoms with Crippen molar-refractivity contribution in [3.8, 4) is 11.5 Å². The van der Waals surface area contributed by atoms with Crippen molar-refractivity contribution < 1.29 is 19.3 Å². The first-order valence-corrected chi connectivity index (χ1v) is 7.39. The van der Waals surface area contributed by atoms with Crippen molar-refractivity contribution in [1.82, 2.24) is 4.90 Å². The molecule has 1 aliphatic rings. The van der Waals surface area contributed by atoms with Crippen LogP contribution in [-0.4, -0.2) is 61.7 Å². The number of aliphatic hydroxyl groups is 1. The lowest BCUT2D eigenvalue weighted by molar-refractivity contribution is -0.0786. The monoisotopic (exact) mass is 295 g/mol. The molecule has 3 atom stereocenters. The number of ether oxygens (including phenoxy) is 3. The van der Waals surface area contributed by atoms with Crippen molar-refractivity contribution in [3.05, 3.63) is 24.3 Å². The van der Waals surface area contributed by atoms with Crippen molar-refractivity contribution in [2.45, 2.75) is 32.2 Å². The third kappa shape index (κ3) is 5.19. The maximum atomic E-state index is 10.1. The van der Waals surface area contributed by atoms with Crippen LogP contribution in [0.3, 0.4) is 0 Å². The molecule has 0 saturated carbocycles. The Morgan fingerprint density at radius 3 is 2.62 bits per heavy atom. The molecule has 118 valence electrons. The average Bonchev–Trinajstić information content (AvgIpc) is 2.44. The Kier molecular flexibility index (Phi) is 5.85. The number of β-amino-alcohol motifs (C(OH)–C–C–N with tert-alkyl or cyclic N) is 1. The van der Waals surface area contributed by atoms with Crippen LogP contribution >= 0.6 is 0 Å². The Labute approximate surface area is 126 Å². The van der Waals surface area contributed by atoms with E-state index in [1.54, 1.807) is 7.11 Å². The molecule has 1 saturated heterocycles. The topological polar surface area (TPSA) is 51.2 Å². The second kappa shape index (κ2) is 7.64. The van der Waals surface area contributed by atoms with E-state index in [1.165, 1.54) is 0 Å². The summed E-state index contributed by atoms with van der Waals surface area (Å²) in [6.45, 7) is 6.68.